The molecule has 4 saturated carbocycles. The van der Waals surface area contributed by atoms with E-state index in [9.17, 15) is 15.2 Å². The first-order valence-corrected chi connectivity index (χ1v) is 9.74. The van der Waals surface area contributed by atoms with Crippen molar-refractivity contribution in [1.29, 1.82) is 0 Å². The van der Waals surface area contributed by atoms with Crippen LogP contribution in [0.5, 0.6) is 5.75 Å². The largest absolute Gasteiger partial charge is 0.502 e. The van der Waals surface area contributed by atoms with E-state index in [1.165, 1.54) is 44.6 Å². The van der Waals surface area contributed by atoms with Gasteiger partial charge in [0.15, 0.2) is 0 Å². The zero-order valence-electron chi connectivity index (χ0n) is 14.4. The standard InChI is InChI=1S/C19H23BrN2O3/c1-18-5-12-2-13(6-18)8-19(7-12,10-18)11-21-9-14-3-15(20)4-16(17(14)23)22(24)25/h3-4,9,12-13,23H,2,5-8,10-11H2,1H3. The number of aliphatic imine (C=N–C) groups is 1. The molecule has 0 aliphatic heterocycles. The maximum absolute atomic E-state index is 11.0. The molecular formula is C19H23BrN2O3. The zero-order chi connectivity index (χ0) is 17.8. The van der Waals surface area contributed by atoms with Gasteiger partial charge in [0.25, 0.3) is 0 Å². The first kappa shape index (κ1) is 17.0. The Bertz CT molecular complexity index is 747. The summed E-state index contributed by atoms with van der Waals surface area (Å²) in [5.41, 5.74) is 0.884. The van der Waals surface area contributed by atoms with Gasteiger partial charge >= 0.3 is 5.69 Å². The van der Waals surface area contributed by atoms with Crippen molar-refractivity contribution in [2.24, 2.45) is 27.7 Å². The molecule has 0 radical (unpaired) electrons. The lowest BCUT2D eigenvalue weighted by atomic mass is 9.45. The molecule has 1 aromatic rings. The van der Waals surface area contributed by atoms with E-state index in [2.05, 4.69) is 27.8 Å². The van der Waals surface area contributed by atoms with Gasteiger partial charge in [-0.3, -0.25) is 15.1 Å². The number of benzene rings is 1. The first-order chi connectivity index (χ1) is 11.8. The highest BCUT2D eigenvalue weighted by atomic mass is 79.9. The minimum atomic E-state index is -0.572. The lowest BCUT2D eigenvalue weighted by molar-refractivity contribution is -0.385. The third-order valence-corrected chi connectivity index (χ3v) is 6.87. The van der Waals surface area contributed by atoms with E-state index in [4.69, 9.17) is 0 Å². The quantitative estimate of drug-likeness (QED) is 0.429. The minimum absolute atomic E-state index is 0.293. The number of nitrogens with zero attached hydrogens (tertiary/aromatic N) is 2. The lowest BCUT2D eigenvalue weighted by Gasteiger charge is -2.61. The van der Waals surface area contributed by atoms with Gasteiger partial charge in [0, 0.05) is 28.9 Å². The molecule has 134 valence electrons. The number of aromatic hydroxyl groups is 1. The van der Waals surface area contributed by atoms with Crippen LogP contribution in [0.25, 0.3) is 0 Å². The Balaban J connectivity index is 1.55. The second kappa shape index (κ2) is 5.79. The average Bonchev–Trinajstić information content (AvgIpc) is 2.47. The number of rotatable bonds is 4. The smallest absolute Gasteiger partial charge is 0.312 e. The molecule has 4 bridgehead atoms. The van der Waals surface area contributed by atoms with Crippen LogP contribution in [0.1, 0.15) is 51.0 Å². The lowest BCUT2D eigenvalue weighted by Crippen LogP contribution is -2.51. The van der Waals surface area contributed by atoms with Gasteiger partial charge in [0.05, 0.1) is 4.92 Å². The summed E-state index contributed by atoms with van der Waals surface area (Å²) in [4.78, 5) is 15.1. The number of halogens is 1. The Kier molecular flexibility index (Phi) is 3.94. The Morgan fingerprint density at radius 1 is 1.36 bits per heavy atom. The van der Waals surface area contributed by atoms with Crippen LogP contribution in [-0.2, 0) is 0 Å². The van der Waals surface area contributed by atoms with Crippen LogP contribution in [-0.4, -0.2) is 22.8 Å². The molecule has 0 amide bonds. The summed E-state index contributed by atoms with van der Waals surface area (Å²) in [5.74, 6) is 1.39. The average molecular weight is 407 g/mol. The van der Waals surface area contributed by atoms with Crippen LogP contribution in [0.15, 0.2) is 21.6 Å². The highest BCUT2D eigenvalue weighted by Crippen LogP contribution is 2.65. The van der Waals surface area contributed by atoms with Gasteiger partial charge in [-0.1, -0.05) is 22.9 Å². The number of hydrogen-bond donors (Lipinski definition) is 1. The van der Waals surface area contributed by atoms with Gasteiger partial charge in [0.2, 0.25) is 5.75 Å². The monoisotopic (exact) mass is 406 g/mol. The van der Waals surface area contributed by atoms with Gasteiger partial charge in [-0.25, -0.2) is 0 Å². The van der Waals surface area contributed by atoms with Gasteiger partial charge in [0.1, 0.15) is 0 Å². The van der Waals surface area contributed by atoms with Crippen molar-refractivity contribution in [3.8, 4) is 5.75 Å². The number of nitro benzene ring substituents is 1. The van der Waals surface area contributed by atoms with E-state index in [0.29, 0.717) is 20.9 Å². The van der Waals surface area contributed by atoms with Crippen LogP contribution in [0, 0.1) is 32.8 Å². The van der Waals surface area contributed by atoms with Crippen LogP contribution in [0.2, 0.25) is 0 Å². The molecule has 5 nitrogen and oxygen atoms in total. The molecule has 0 spiro atoms. The van der Waals surface area contributed by atoms with E-state index in [-0.39, 0.29) is 11.4 Å². The van der Waals surface area contributed by atoms with E-state index < -0.39 is 4.92 Å². The molecule has 1 aromatic carbocycles. The first-order valence-electron chi connectivity index (χ1n) is 8.94. The number of nitro groups is 1. The van der Waals surface area contributed by atoms with Crippen LogP contribution in [0.3, 0.4) is 0 Å². The van der Waals surface area contributed by atoms with Gasteiger partial charge in [-0.05, 0) is 67.3 Å². The fourth-order valence-corrected chi connectivity index (χ4v) is 6.76. The SMILES string of the molecule is CC12CC3CC(C1)CC(CN=Cc1cc(Br)cc([N+](=O)[O-])c1O)(C3)C2. The normalized spacial score (nSPS) is 36.2. The molecule has 2 atom stereocenters. The number of phenolic OH excluding ortho intramolecular Hbond substituents is 1. The molecule has 0 aromatic heterocycles. The fourth-order valence-electron chi connectivity index (χ4n) is 6.29. The summed E-state index contributed by atoms with van der Waals surface area (Å²) in [7, 11) is 0. The van der Waals surface area contributed by atoms with Crippen molar-refractivity contribution >= 4 is 27.8 Å². The molecule has 2 unspecified atom stereocenters. The summed E-state index contributed by atoms with van der Waals surface area (Å²) < 4.78 is 0.570. The van der Waals surface area contributed by atoms with Crippen LogP contribution >= 0.6 is 15.9 Å². The van der Waals surface area contributed by atoms with E-state index >= 15 is 0 Å². The number of phenols is 1. The maximum atomic E-state index is 11.0. The highest BCUT2D eigenvalue weighted by molar-refractivity contribution is 9.10. The Morgan fingerprint density at radius 3 is 2.64 bits per heavy atom. The predicted molar refractivity (Wildman–Crippen MR) is 100 cm³/mol. The molecule has 25 heavy (non-hydrogen) atoms. The maximum Gasteiger partial charge on any atom is 0.312 e. The van der Waals surface area contributed by atoms with Gasteiger partial charge in [-0.15, -0.1) is 0 Å². The van der Waals surface area contributed by atoms with E-state index in [1.54, 1.807) is 12.3 Å². The van der Waals surface area contributed by atoms with E-state index in [0.717, 1.165) is 18.4 Å². The van der Waals surface area contributed by atoms with Crippen molar-refractivity contribution in [2.45, 2.75) is 45.4 Å². The summed E-state index contributed by atoms with van der Waals surface area (Å²) in [6.45, 7) is 3.20. The Labute approximate surface area is 155 Å². The summed E-state index contributed by atoms with van der Waals surface area (Å²) in [6, 6.07) is 2.99. The molecule has 4 fully saturated rings. The van der Waals surface area contributed by atoms with Gasteiger partial charge in [-0.2, -0.15) is 0 Å². The molecule has 5 rings (SSSR count). The van der Waals surface area contributed by atoms with Crippen molar-refractivity contribution in [1.82, 2.24) is 0 Å². The molecule has 0 heterocycles. The van der Waals surface area contributed by atoms with Crippen molar-refractivity contribution in [2.75, 3.05) is 6.54 Å². The van der Waals surface area contributed by atoms with Crippen molar-refractivity contribution in [3.63, 3.8) is 0 Å². The van der Waals surface area contributed by atoms with Crippen LogP contribution in [0.4, 0.5) is 5.69 Å². The molecular weight excluding hydrogens is 384 g/mol. The Hall–Kier alpha value is -1.43. The molecule has 6 heteroatoms. The highest BCUT2D eigenvalue weighted by Gasteiger charge is 2.55. The second-order valence-corrected chi connectivity index (χ2v) is 9.78. The molecule has 4 aliphatic carbocycles. The second-order valence-electron chi connectivity index (χ2n) is 8.86. The molecule has 0 saturated heterocycles. The van der Waals surface area contributed by atoms with E-state index in [1.807, 2.05) is 0 Å². The summed E-state index contributed by atoms with van der Waals surface area (Å²) in [6.07, 6.45) is 9.51. The summed E-state index contributed by atoms with van der Waals surface area (Å²) >= 11 is 3.27. The Morgan fingerprint density at radius 2 is 2.04 bits per heavy atom. The molecule has 1 N–H and O–H groups in total. The number of hydrogen-bond acceptors (Lipinski definition) is 4. The summed E-state index contributed by atoms with van der Waals surface area (Å²) in [5, 5.41) is 21.2. The predicted octanol–water partition coefficient (Wildman–Crippen LogP) is 5.09. The zero-order valence-corrected chi connectivity index (χ0v) is 16.0. The fraction of sp³-hybridized carbons (Fsp3) is 0.632. The van der Waals surface area contributed by atoms with Crippen LogP contribution < -0.4 is 0 Å². The topological polar surface area (TPSA) is 75.7 Å². The third-order valence-electron chi connectivity index (χ3n) is 6.41. The third kappa shape index (κ3) is 3.09. The minimum Gasteiger partial charge on any atom is -0.502 e. The van der Waals surface area contributed by atoms with Crippen molar-refractivity contribution < 1.29 is 10.0 Å². The van der Waals surface area contributed by atoms with Crippen molar-refractivity contribution in [3.05, 3.63) is 32.3 Å². The molecule has 4 aliphatic rings. The van der Waals surface area contributed by atoms with Gasteiger partial charge < -0.3 is 5.11 Å².